The Morgan fingerprint density at radius 1 is 1.36 bits per heavy atom. The van der Waals surface area contributed by atoms with Gasteiger partial charge >= 0.3 is 0 Å². The molecular formula is C17H16ClFN2O. The molecule has 0 saturated heterocycles. The molecule has 0 spiro atoms. The number of carbonyl (C=O) groups excluding carboxylic acids is 1. The molecule has 1 amide bonds. The molecule has 5 heteroatoms. The van der Waals surface area contributed by atoms with Gasteiger partial charge in [0.2, 0.25) is 5.91 Å². The van der Waals surface area contributed by atoms with Gasteiger partial charge in [0.15, 0.2) is 0 Å². The molecule has 1 aliphatic heterocycles. The molecule has 2 aromatic rings. The first-order valence-electron chi connectivity index (χ1n) is 7.15. The zero-order valence-electron chi connectivity index (χ0n) is 12.1. The summed E-state index contributed by atoms with van der Waals surface area (Å²) in [7, 11) is 0. The Kier molecular flexibility index (Phi) is 4.03. The molecule has 3 rings (SSSR count). The predicted molar refractivity (Wildman–Crippen MR) is 87.0 cm³/mol. The van der Waals surface area contributed by atoms with Gasteiger partial charge < -0.3 is 10.2 Å². The van der Waals surface area contributed by atoms with E-state index in [9.17, 15) is 9.18 Å². The van der Waals surface area contributed by atoms with Gasteiger partial charge in [-0.3, -0.25) is 4.79 Å². The van der Waals surface area contributed by atoms with E-state index < -0.39 is 5.82 Å². The van der Waals surface area contributed by atoms with Gasteiger partial charge in [0.05, 0.1) is 11.6 Å². The van der Waals surface area contributed by atoms with Gasteiger partial charge in [-0.05, 0) is 43.2 Å². The number of amides is 1. The minimum atomic E-state index is -0.472. The summed E-state index contributed by atoms with van der Waals surface area (Å²) < 4.78 is 13.1. The Bertz CT molecular complexity index is 720. The highest BCUT2D eigenvalue weighted by Crippen LogP contribution is 2.31. The number of rotatable bonds is 3. The van der Waals surface area contributed by atoms with Crippen LogP contribution in [0, 0.1) is 5.82 Å². The smallest absolute Gasteiger partial charge is 0.246 e. The molecule has 2 aromatic carbocycles. The maximum atomic E-state index is 13.1. The predicted octanol–water partition coefficient (Wildman–Crippen LogP) is 3.87. The fraction of sp³-hybridized carbons (Fsp3) is 0.235. The van der Waals surface area contributed by atoms with E-state index in [4.69, 9.17) is 11.6 Å². The first-order valence-corrected chi connectivity index (χ1v) is 7.53. The molecule has 0 saturated carbocycles. The average Bonchev–Trinajstić information content (AvgIpc) is 2.84. The van der Waals surface area contributed by atoms with Crippen molar-refractivity contribution in [2.75, 3.05) is 16.8 Å². The first-order chi connectivity index (χ1) is 10.6. The lowest BCUT2D eigenvalue weighted by Gasteiger charge is -2.23. The highest BCUT2D eigenvalue weighted by molar-refractivity contribution is 6.31. The van der Waals surface area contributed by atoms with Crippen molar-refractivity contribution in [2.24, 2.45) is 0 Å². The van der Waals surface area contributed by atoms with Crippen LogP contribution in [-0.2, 0) is 11.2 Å². The number of hydrogen-bond acceptors (Lipinski definition) is 2. The number of para-hydroxylation sites is 1. The minimum absolute atomic E-state index is 0.0158. The molecule has 1 heterocycles. The first kappa shape index (κ1) is 14.9. The van der Waals surface area contributed by atoms with Gasteiger partial charge in [0.25, 0.3) is 0 Å². The summed E-state index contributed by atoms with van der Waals surface area (Å²) in [5.41, 5.74) is 2.78. The second-order valence-electron chi connectivity index (χ2n) is 5.43. The van der Waals surface area contributed by atoms with E-state index in [-0.39, 0.29) is 23.5 Å². The summed E-state index contributed by atoms with van der Waals surface area (Å²) in [6, 6.07) is 12.4. The summed E-state index contributed by atoms with van der Waals surface area (Å²) >= 11 is 5.74. The number of carbonyl (C=O) groups is 1. The lowest BCUT2D eigenvalue weighted by atomic mass is 10.1. The van der Waals surface area contributed by atoms with Crippen LogP contribution in [0.5, 0.6) is 0 Å². The van der Waals surface area contributed by atoms with Crippen molar-refractivity contribution in [3.05, 3.63) is 58.9 Å². The van der Waals surface area contributed by atoms with Gasteiger partial charge in [0.1, 0.15) is 5.82 Å². The molecule has 22 heavy (non-hydrogen) atoms. The van der Waals surface area contributed by atoms with Gasteiger partial charge in [-0.15, -0.1) is 0 Å². The van der Waals surface area contributed by atoms with Gasteiger partial charge in [0, 0.05) is 17.4 Å². The molecule has 0 radical (unpaired) electrons. The van der Waals surface area contributed by atoms with Crippen LogP contribution in [0.2, 0.25) is 5.02 Å². The van der Waals surface area contributed by atoms with Crippen molar-refractivity contribution in [2.45, 2.75) is 19.4 Å². The largest absolute Gasteiger partial charge is 0.376 e. The quantitative estimate of drug-likeness (QED) is 0.931. The van der Waals surface area contributed by atoms with E-state index in [0.717, 1.165) is 12.1 Å². The second kappa shape index (κ2) is 5.97. The Labute approximate surface area is 133 Å². The monoisotopic (exact) mass is 318 g/mol. The molecule has 0 aliphatic carbocycles. The van der Waals surface area contributed by atoms with E-state index in [1.165, 1.54) is 17.7 Å². The second-order valence-corrected chi connectivity index (χ2v) is 5.84. The summed E-state index contributed by atoms with van der Waals surface area (Å²) in [6.45, 7) is 2.17. The molecular weight excluding hydrogens is 303 g/mol. The van der Waals surface area contributed by atoms with Crippen LogP contribution in [0.3, 0.4) is 0 Å². The molecule has 0 unspecified atom stereocenters. The molecule has 1 aliphatic rings. The van der Waals surface area contributed by atoms with Gasteiger partial charge in [-0.2, -0.15) is 0 Å². The summed E-state index contributed by atoms with van der Waals surface area (Å²) in [6.07, 6.45) is 0.865. The number of fused-ring (bicyclic) bond motifs is 1. The Balaban J connectivity index is 1.71. The normalized spacial score (nSPS) is 16.5. The molecule has 0 aromatic heterocycles. The van der Waals surface area contributed by atoms with Crippen molar-refractivity contribution in [1.82, 2.24) is 0 Å². The standard InChI is InChI=1S/C17H16ClFN2O/c1-11-8-12-4-2-3-5-16(12)21(11)17(22)10-20-13-6-7-15(19)14(18)9-13/h2-7,9,11,20H,8,10H2,1H3/t11-/m1/s1. The number of nitrogens with one attached hydrogen (secondary N) is 1. The Hall–Kier alpha value is -2.07. The molecule has 0 bridgehead atoms. The highest BCUT2D eigenvalue weighted by Gasteiger charge is 2.30. The zero-order valence-corrected chi connectivity index (χ0v) is 12.9. The molecule has 1 N–H and O–H groups in total. The number of benzene rings is 2. The topological polar surface area (TPSA) is 32.3 Å². The average molecular weight is 319 g/mol. The third-order valence-electron chi connectivity index (χ3n) is 3.84. The third-order valence-corrected chi connectivity index (χ3v) is 4.13. The number of nitrogens with zero attached hydrogens (tertiary/aromatic N) is 1. The molecule has 1 atom stereocenters. The van der Waals surface area contributed by atoms with Crippen molar-refractivity contribution < 1.29 is 9.18 Å². The van der Waals surface area contributed by atoms with Crippen molar-refractivity contribution in [1.29, 1.82) is 0 Å². The van der Waals surface area contributed by atoms with Crippen LogP contribution < -0.4 is 10.2 Å². The number of anilines is 2. The SMILES string of the molecule is C[C@@H]1Cc2ccccc2N1C(=O)CNc1ccc(F)c(Cl)c1. The Morgan fingerprint density at radius 3 is 2.91 bits per heavy atom. The summed E-state index contributed by atoms with van der Waals surface area (Å²) in [5, 5.41) is 3.04. The maximum absolute atomic E-state index is 13.1. The zero-order chi connectivity index (χ0) is 15.7. The van der Waals surface area contributed by atoms with Gasteiger partial charge in [-0.25, -0.2) is 4.39 Å². The van der Waals surface area contributed by atoms with Crippen molar-refractivity contribution >= 4 is 28.9 Å². The van der Waals surface area contributed by atoms with Gasteiger partial charge in [-0.1, -0.05) is 29.8 Å². The van der Waals surface area contributed by atoms with E-state index in [0.29, 0.717) is 5.69 Å². The van der Waals surface area contributed by atoms with Crippen LogP contribution in [0.1, 0.15) is 12.5 Å². The van der Waals surface area contributed by atoms with Crippen molar-refractivity contribution in [3.63, 3.8) is 0 Å². The summed E-state index contributed by atoms with van der Waals surface area (Å²) in [5.74, 6) is -0.487. The maximum Gasteiger partial charge on any atom is 0.246 e. The van der Waals surface area contributed by atoms with Crippen molar-refractivity contribution in [3.8, 4) is 0 Å². The van der Waals surface area contributed by atoms with Crippen LogP contribution in [0.15, 0.2) is 42.5 Å². The van der Waals surface area contributed by atoms with Crippen LogP contribution in [-0.4, -0.2) is 18.5 Å². The number of halogens is 2. The Morgan fingerprint density at radius 2 is 2.14 bits per heavy atom. The van der Waals surface area contributed by atoms with Crippen LogP contribution in [0.4, 0.5) is 15.8 Å². The van der Waals surface area contributed by atoms with E-state index in [1.807, 2.05) is 36.1 Å². The van der Waals surface area contributed by atoms with E-state index in [1.54, 1.807) is 6.07 Å². The van der Waals surface area contributed by atoms with E-state index in [2.05, 4.69) is 5.32 Å². The fourth-order valence-corrected chi connectivity index (χ4v) is 3.00. The highest BCUT2D eigenvalue weighted by atomic mass is 35.5. The van der Waals surface area contributed by atoms with E-state index >= 15 is 0 Å². The van der Waals surface area contributed by atoms with Crippen LogP contribution >= 0.6 is 11.6 Å². The van der Waals surface area contributed by atoms with Crippen LogP contribution in [0.25, 0.3) is 0 Å². The summed E-state index contributed by atoms with van der Waals surface area (Å²) in [4.78, 5) is 14.3. The fourth-order valence-electron chi connectivity index (χ4n) is 2.81. The lowest BCUT2D eigenvalue weighted by Crippen LogP contribution is -2.39. The molecule has 0 fully saturated rings. The minimum Gasteiger partial charge on any atom is -0.376 e. The lowest BCUT2D eigenvalue weighted by molar-refractivity contribution is -0.117. The number of hydrogen-bond donors (Lipinski definition) is 1. The third kappa shape index (κ3) is 2.79. The molecule has 114 valence electrons. The molecule has 3 nitrogen and oxygen atoms in total.